The highest BCUT2D eigenvalue weighted by atomic mass is 16.5. The molecule has 1 aliphatic carbocycles. The molecule has 2 aromatic rings. The van der Waals surface area contributed by atoms with Crippen LogP contribution in [-0.4, -0.2) is 6.61 Å². The minimum atomic E-state index is 0.266. The molecule has 0 N–H and O–H groups in total. The summed E-state index contributed by atoms with van der Waals surface area (Å²) in [5, 5.41) is 9.76. The van der Waals surface area contributed by atoms with Gasteiger partial charge in [-0.05, 0) is 79.2 Å². The Hall–Kier alpha value is -2.27. The number of nitrogens with zero attached hydrogens (tertiary/aromatic N) is 1. The molecule has 0 aromatic heterocycles. The summed E-state index contributed by atoms with van der Waals surface area (Å²) < 4.78 is 5.97. The van der Waals surface area contributed by atoms with Gasteiger partial charge in [0.2, 0.25) is 0 Å². The minimum Gasteiger partial charge on any atom is -0.494 e. The minimum absolute atomic E-state index is 0.266. The van der Waals surface area contributed by atoms with Gasteiger partial charge in [0.1, 0.15) is 5.75 Å². The van der Waals surface area contributed by atoms with Gasteiger partial charge in [-0.3, -0.25) is 0 Å². The van der Waals surface area contributed by atoms with Crippen LogP contribution in [0.5, 0.6) is 5.75 Å². The van der Waals surface area contributed by atoms with Gasteiger partial charge in [-0.25, -0.2) is 0 Å². The first kappa shape index (κ1) is 30.3. The molecule has 3 rings (SSSR count). The first-order valence-corrected chi connectivity index (χ1v) is 16.0. The maximum Gasteiger partial charge on any atom is 0.119 e. The zero-order chi connectivity index (χ0) is 26.8. The Balaban J connectivity index is 1.38. The number of nitriles is 1. The third-order valence-electron chi connectivity index (χ3n) is 8.71. The topological polar surface area (TPSA) is 33.0 Å². The van der Waals surface area contributed by atoms with Crippen LogP contribution in [0.15, 0.2) is 48.5 Å². The van der Waals surface area contributed by atoms with Crippen molar-refractivity contribution in [3.8, 4) is 22.9 Å². The second-order valence-corrected chi connectivity index (χ2v) is 11.7. The third-order valence-corrected chi connectivity index (χ3v) is 8.71. The van der Waals surface area contributed by atoms with Crippen molar-refractivity contribution < 1.29 is 4.74 Å². The van der Waals surface area contributed by atoms with E-state index in [0.29, 0.717) is 11.8 Å². The van der Waals surface area contributed by atoms with Gasteiger partial charge in [0.05, 0.1) is 12.7 Å². The van der Waals surface area contributed by atoms with Gasteiger partial charge in [-0.15, -0.1) is 0 Å². The van der Waals surface area contributed by atoms with Gasteiger partial charge in [0.25, 0.3) is 0 Å². The molecule has 1 atom stereocenters. The fourth-order valence-corrected chi connectivity index (χ4v) is 6.17. The average molecular weight is 516 g/mol. The van der Waals surface area contributed by atoms with Crippen LogP contribution in [0.4, 0.5) is 0 Å². The lowest BCUT2D eigenvalue weighted by molar-refractivity contribution is 0.256. The Kier molecular flexibility index (Phi) is 14.4. The highest BCUT2D eigenvalue weighted by Crippen LogP contribution is 2.40. The summed E-state index contributed by atoms with van der Waals surface area (Å²) in [4.78, 5) is 0. The molecular formula is C36H53NO. The molecule has 0 heterocycles. The van der Waals surface area contributed by atoms with Crippen LogP contribution in [0.25, 0.3) is 11.1 Å². The molecule has 38 heavy (non-hydrogen) atoms. The molecule has 1 saturated carbocycles. The van der Waals surface area contributed by atoms with E-state index in [1.807, 2.05) is 0 Å². The van der Waals surface area contributed by atoms with Crippen molar-refractivity contribution in [3.05, 3.63) is 54.1 Å². The van der Waals surface area contributed by atoms with E-state index in [4.69, 9.17) is 4.74 Å². The molecular weight excluding hydrogens is 462 g/mol. The SMILES string of the molecule is CCCCCCCCCOc1ccc(-c2ccc(C3CCC(C(C#N)CCCCCCC)CC3)cc2)cc1. The van der Waals surface area contributed by atoms with Gasteiger partial charge in [0.15, 0.2) is 0 Å². The summed E-state index contributed by atoms with van der Waals surface area (Å²) in [5.41, 5.74) is 3.99. The van der Waals surface area contributed by atoms with Crippen LogP contribution in [0.1, 0.15) is 134 Å². The monoisotopic (exact) mass is 515 g/mol. The van der Waals surface area contributed by atoms with E-state index in [1.54, 1.807) is 0 Å². The van der Waals surface area contributed by atoms with Gasteiger partial charge in [-0.1, -0.05) is 121 Å². The molecule has 1 unspecified atom stereocenters. The maximum atomic E-state index is 9.76. The first-order chi connectivity index (χ1) is 18.7. The number of hydrogen-bond donors (Lipinski definition) is 0. The Bertz CT molecular complexity index is 902. The molecule has 2 heteroatoms. The lowest BCUT2D eigenvalue weighted by atomic mass is 9.73. The van der Waals surface area contributed by atoms with Crippen molar-refractivity contribution in [2.24, 2.45) is 11.8 Å². The van der Waals surface area contributed by atoms with E-state index in [1.165, 1.54) is 113 Å². The maximum absolute atomic E-state index is 9.76. The number of benzene rings is 2. The predicted octanol–water partition coefficient (Wildman–Crippen LogP) is 11.3. The summed E-state index contributed by atoms with van der Waals surface area (Å²) in [6, 6.07) is 20.5. The lowest BCUT2D eigenvalue weighted by Crippen LogP contribution is -2.20. The second kappa shape index (κ2) is 18.1. The Labute approximate surface area is 234 Å². The molecule has 0 spiro atoms. The molecule has 208 valence electrons. The summed E-state index contributed by atoms with van der Waals surface area (Å²) in [5.74, 6) is 2.49. The molecule has 0 amide bonds. The lowest BCUT2D eigenvalue weighted by Gasteiger charge is -2.31. The van der Waals surface area contributed by atoms with Crippen LogP contribution in [0.2, 0.25) is 0 Å². The fraction of sp³-hybridized carbons (Fsp3) is 0.639. The Morgan fingerprint density at radius 3 is 1.79 bits per heavy atom. The van der Waals surface area contributed by atoms with E-state index < -0.39 is 0 Å². The van der Waals surface area contributed by atoms with Crippen molar-refractivity contribution in [1.82, 2.24) is 0 Å². The molecule has 0 aliphatic heterocycles. The highest BCUT2D eigenvalue weighted by Gasteiger charge is 2.28. The Morgan fingerprint density at radius 1 is 0.684 bits per heavy atom. The normalized spacial score (nSPS) is 18.1. The highest BCUT2D eigenvalue weighted by molar-refractivity contribution is 5.64. The van der Waals surface area contributed by atoms with Gasteiger partial charge < -0.3 is 4.74 Å². The van der Waals surface area contributed by atoms with Crippen LogP contribution < -0.4 is 4.74 Å². The van der Waals surface area contributed by atoms with Crippen LogP contribution in [-0.2, 0) is 0 Å². The van der Waals surface area contributed by atoms with Gasteiger partial charge in [0, 0.05) is 5.92 Å². The Morgan fingerprint density at radius 2 is 1.21 bits per heavy atom. The van der Waals surface area contributed by atoms with E-state index in [2.05, 4.69) is 68.4 Å². The summed E-state index contributed by atoms with van der Waals surface area (Å²) in [6.45, 7) is 5.35. The molecule has 2 aromatic carbocycles. The van der Waals surface area contributed by atoms with E-state index >= 15 is 0 Å². The smallest absolute Gasteiger partial charge is 0.119 e. The molecule has 1 aliphatic rings. The third kappa shape index (κ3) is 10.5. The van der Waals surface area contributed by atoms with Crippen LogP contribution >= 0.6 is 0 Å². The molecule has 1 fully saturated rings. The standard InChI is InChI=1S/C36H53NO/c1-3-5-7-9-10-12-14-28-38-36-26-24-33(25-27-36)32-18-16-30(17-19-32)31-20-22-34(23-21-31)35(29-37)15-13-11-8-6-4-2/h16-19,24-27,31,34-35H,3-15,20-23,28H2,1-2H3. The van der Waals surface area contributed by atoms with E-state index in [-0.39, 0.29) is 5.92 Å². The largest absolute Gasteiger partial charge is 0.494 e. The number of rotatable bonds is 18. The first-order valence-electron chi connectivity index (χ1n) is 16.0. The van der Waals surface area contributed by atoms with Crippen LogP contribution in [0, 0.1) is 23.2 Å². The predicted molar refractivity (Wildman–Crippen MR) is 163 cm³/mol. The summed E-state index contributed by atoms with van der Waals surface area (Å²) >= 11 is 0. The summed E-state index contributed by atoms with van der Waals surface area (Å²) in [6.07, 6.45) is 21.6. The van der Waals surface area contributed by atoms with Gasteiger partial charge >= 0.3 is 0 Å². The molecule has 0 saturated heterocycles. The fourth-order valence-electron chi connectivity index (χ4n) is 6.17. The molecule has 2 nitrogen and oxygen atoms in total. The second-order valence-electron chi connectivity index (χ2n) is 11.7. The zero-order valence-electron chi connectivity index (χ0n) is 24.4. The van der Waals surface area contributed by atoms with E-state index in [9.17, 15) is 5.26 Å². The van der Waals surface area contributed by atoms with Gasteiger partial charge in [-0.2, -0.15) is 5.26 Å². The zero-order valence-corrected chi connectivity index (χ0v) is 24.4. The number of hydrogen-bond acceptors (Lipinski definition) is 2. The summed E-state index contributed by atoms with van der Waals surface area (Å²) in [7, 11) is 0. The number of ether oxygens (including phenoxy) is 1. The van der Waals surface area contributed by atoms with Crippen molar-refractivity contribution in [2.75, 3.05) is 6.61 Å². The average Bonchev–Trinajstić information content (AvgIpc) is 2.97. The molecule has 0 radical (unpaired) electrons. The molecule has 0 bridgehead atoms. The van der Waals surface area contributed by atoms with E-state index in [0.717, 1.165) is 25.2 Å². The van der Waals surface area contributed by atoms with Crippen molar-refractivity contribution in [1.29, 1.82) is 5.26 Å². The number of unbranched alkanes of at least 4 members (excludes halogenated alkanes) is 10. The van der Waals surface area contributed by atoms with Crippen molar-refractivity contribution >= 4 is 0 Å². The quantitative estimate of drug-likeness (QED) is 0.185. The van der Waals surface area contributed by atoms with Crippen molar-refractivity contribution in [3.63, 3.8) is 0 Å². The van der Waals surface area contributed by atoms with Crippen LogP contribution in [0.3, 0.4) is 0 Å². The van der Waals surface area contributed by atoms with Crippen molar-refractivity contribution in [2.45, 2.75) is 129 Å².